The number of ether oxygens (including phenoxy) is 1. The van der Waals surface area contributed by atoms with Gasteiger partial charge in [-0.3, -0.25) is 0 Å². The van der Waals surface area contributed by atoms with Gasteiger partial charge in [0.2, 0.25) is 0 Å². The Hall–Kier alpha value is -1.10. The average molecular weight is 247 g/mol. The third-order valence-corrected chi connectivity index (χ3v) is 2.84. The minimum absolute atomic E-state index is 0.154. The van der Waals surface area contributed by atoms with Crippen molar-refractivity contribution < 1.29 is 30.3 Å². The summed E-state index contributed by atoms with van der Waals surface area (Å²) in [5.74, 6) is 0. The van der Waals surface area contributed by atoms with Gasteiger partial charge < -0.3 is 30.3 Å². The highest BCUT2D eigenvalue weighted by atomic mass is 16.6. The molecule has 9 heteroatoms. The quantitative estimate of drug-likeness (QED) is 0.314. The average Bonchev–Trinajstić information content (AvgIpc) is 2.85. The van der Waals surface area contributed by atoms with E-state index in [0.717, 1.165) is 6.20 Å². The highest BCUT2D eigenvalue weighted by molar-refractivity contribution is 5.16. The zero-order valence-corrected chi connectivity index (χ0v) is 8.63. The summed E-state index contributed by atoms with van der Waals surface area (Å²) >= 11 is 0. The lowest BCUT2D eigenvalue weighted by molar-refractivity contribution is -0.327. The first-order chi connectivity index (χ1) is 8.01. The van der Waals surface area contributed by atoms with Gasteiger partial charge in [-0.1, -0.05) is 0 Å². The van der Waals surface area contributed by atoms with Crippen LogP contribution >= 0.6 is 0 Å². The molecular formula is C8H13N3O6. The molecule has 0 amide bonds. The molecule has 0 saturated carbocycles. The molecule has 1 aromatic heterocycles. The second-order valence-electron chi connectivity index (χ2n) is 3.82. The Balaban J connectivity index is 2.40. The van der Waals surface area contributed by atoms with Crippen molar-refractivity contribution in [1.82, 2.24) is 15.4 Å². The van der Waals surface area contributed by atoms with Crippen molar-refractivity contribution in [3.63, 3.8) is 0 Å². The number of H-pyrrole nitrogens is 1. The number of aromatic nitrogens is 3. The van der Waals surface area contributed by atoms with E-state index in [1.165, 1.54) is 0 Å². The molecule has 1 aromatic rings. The molecule has 96 valence electrons. The predicted molar refractivity (Wildman–Crippen MR) is 50.3 cm³/mol. The van der Waals surface area contributed by atoms with E-state index in [4.69, 9.17) is 9.84 Å². The standard InChI is InChI=1S/C8H13N3O6/c12-2-3-5(13)8(16,4-1-9-11-10-4)6(14)7(15)17-3/h1,3,5-7,12-16H,2H2,(H,9,10,11)/t3-,5+,6+,7?,8+/m1/s1. The molecule has 0 bridgehead atoms. The molecule has 0 radical (unpaired) electrons. The number of nitrogens with one attached hydrogen (secondary N) is 1. The van der Waals surface area contributed by atoms with Crippen LogP contribution in [-0.2, 0) is 10.3 Å². The summed E-state index contributed by atoms with van der Waals surface area (Å²) in [6, 6.07) is 0. The lowest BCUT2D eigenvalue weighted by Gasteiger charge is -2.45. The molecule has 1 fully saturated rings. The van der Waals surface area contributed by atoms with Gasteiger partial charge in [-0.25, -0.2) is 0 Å². The number of aromatic amines is 1. The molecule has 0 aliphatic carbocycles. The summed E-state index contributed by atoms with van der Waals surface area (Å²) < 4.78 is 4.74. The zero-order valence-electron chi connectivity index (χ0n) is 8.63. The van der Waals surface area contributed by atoms with E-state index in [0.29, 0.717) is 0 Å². The van der Waals surface area contributed by atoms with Crippen LogP contribution in [0.5, 0.6) is 0 Å². The van der Waals surface area contributed by atoms with Crippen LogP contribution in [0, 0.1) is 0 Å². The third-order valence-electron chi connectivity index (χ3n) is 2.84. The van der Waals surface area contributed by atoms with E-state index in [-0.39, 0.29) is 5.69 Å². The molecule has 2 rings (SSSR count). The Kier molecular flexibility index (Phi) is 3.12. The Labute approximate surface area is 95.3 Å². The second kappa shape index (κ2) is 4.29. The van der Waals surface area contributed by atoms with Crippen molar-refractivity contribution >= 4 is 0 Å². The number of hydrogen-bond acceptors (Lipinski definition) is 8. The molecule has 1 aliphatic rings. The fourth-order valence-corrected chi connectivity index (χ4v) is 1.84. The summed E-state index contributed by atoms with van der Waals surface area (Å²) in [4.78, 5) is 0. The molecule has 1 aliphatic heterocycles. The monoisotopic (exact) mass is 247 g/mol. The summed E-state index contributed by atoms with van der Waals surface area (Å²) in [5, 5.41) is 57.4. The Morgan fingerprint density at radius 3 is 2.59 bits per heavy atom. The van der Waals surface area contributed by atoms with Gasteiger partial charge in [0.05, 0.1) is 12.8 Å². The maximum atomic E-state index is 10.3. The van der Waals surface area contributed by atoms with Gasteiger partial charge in [0.25, 0.3) is 0 Å². The summed E-state index contributed by atoms with van der Waals surface area (Å²) in [5.41, 5.74) is -2.42. The van der Waals surface area contributed by atoms with Gasteiger partial charge in [-0.05, 0) is 0 Å². The van der Waals surface area contributed by atoms with Crippen LogP contribution in [0.1, 0.15) is 5.69 Å². The van der Waals surface area contributed by atoms with E-state index in [9.17, 15) is 20.4 Å². The minimum Gasteiger partial charge on any atom is -0.394 e. The lowest BCUT2D eigenvalue weighted by Crippen LogP contribution is -2.65. The molecule has 1 saturated heterocycles. The van der Waals surface area contributed by atoms with Crippen LogP contribution in [-0.4, -0.2) is 72.2 Å². The lowest BCUT2D eigenvalue weighted by atomic mass is 9.82. The van der Waals surface area contributed by atoms with E-state index in [1.54, 1.807) is 0 Å². The van der Waals surface area contributed by atoms with Crippen molar-refractivity contribution in [2.45, 2.75) is 30.2 Å². The highest BCUT2D eigenvalue weighted by Crippen LogP contribution is 2.36. The van der Waals surface area contributed by atoms with Crippen LogP contribution in [0.2, 0.25) is 0 Å². The van der Waals surface area contributed by atoms with Crippen molar-refractivity contribution in [2.24, 2.45) is 0 Å². The zero-order chi connectivity index (χ0) is 12.6. The van der Waals surface area contributed by atoms with Gasteiger partial charge in [0.15, 0.2) is 11.9 Å². The van der Waals surface area contributed by atoms with Gasteiger partial charge in [-0.15, -0.1) is 0 Å². The maximum Gasteiger partial charge on any atom is 0.184 e. The van der Waals surface area contributed by atoms with Crippen LogP contribution in [0.4, 0.5) is 0 Å². The van der Waals surface area contributed by atoms with Crippen LogP contribution < -0.4 is 0 Å². The molecule has 0 aromatic carbocycles. The van der Waals surface area contributed by atoms with Crippen molar-refractivity contribution in [1.29, 1.82) is 0 Å². The molecule has 9 nitrogen and oxygen atoms in total. The summed E-state index contributed by atoms with van der Waals surface area (Å²) in [6.45, 7) is -0.634. The maximum absolute atomic E-state index is 10.3. The van der Waals surface area contributed by atoms with E-state index in [2.05, 4.69) is 15.4 Å². The normalized spacial score (nSPS) is 42.6. The van der Waals surface area contributed by atoms with E-state index >= 15 is 0 Å². The Morgan fingerprint density at radius 1 is 1.35 bits per heavy atom. The molecule has 6 N–H and O–H groups in total. The summed E-state index contributed by atoms with van der Waals surface area (Å²) in [7, 11) is 0. The first kappa shape index (κ1) is 12.4. The van der Waals surface area contributed by atoms with E-state index in [1.807, 2.05) is 0 Å². The summed E-state index contributed by atoms with van der Waals surface area (Å²) in [6.07, 6.45) is -5.37. The Bertz CT molecular complexity index is 373. The van der Waals surface area contributed by atoms with Crippen LogP contribution in [0.3, 0.4) is 0 Å². The number of nitrogens with zero attached hydrogens (tertiary/aromatic N) is 2. The fourth-order valence-electron chi connectivity index (χ4n) is 1.84. The van der Waals surface area contributed by atoms with Gasteiger partial charge in [-0.2, -0.15) is 15.4 Å². The molecular weight excluding hydrogens is 234 g/mol. The number of aliphatic hydroxyl groups is 5. The van der Waals surface area contributed by atoms with Crippen molar-refractivity contribution in [3.8, 4) is 0 Å². The van der Waals surface area contributed by atoms with Crippen molar-refractivity contribution in [2.75, 3.05) is 6.61 Å². The predicted octanol–water partition coefficient (Wildman–Crippen LogP) is -3.58. The smallest absolute Gasteiger partial charge is 0.184 e. The fraction of sp³-hybridized carbons (Fsp3) is 0.750. The molecule has 5 atom stereocenters. The second-order valence-corrected chi connectivity index (χ2v) is 3.82. The number of rotatable bonds is 2. The first-order valence-corrected chi connectivity index (χ1v) is 4.91. The number of hydrogen-bond donors (Lipinski definition) is 6. The molecule has 17 heavy (non-hydrogen) atoms. The topological polar surface area (TPSA) is 152 Å². The molecule has 2 heterocycles. The SMILES string of the molecule is OC[C@H]1OC(O)[C@H](O)[C@](O)(c2cn[nH]n2)[C@H]1O. The van der Waals surface area contributed by atoms with E-state index < -0.39 is 36.8 Å². The first-order valence-electron chi connectivity index (χ1n) is 4.91. The van der Waals surface area contributed by atoms with Gasteiger partial charge in [0, 0.05) is 0 Å². The van der Waals surface area contributed by atoms with Gasteiger partial charge >= 0.3 is 0 Å². The highest BCUT2D eigenvalue weighted by Gasteiger charge is 2.57. The van der Waals surface area contributed by atoms with Crippen LogP contribution in [0.25, 0.3) is 0 Å². The number of aliphatic hydroxyl groups excluding tert-OH is 4. The molecule has 0 spiro atoms. The van der Waals surface area contributed by atoms with Gasteiger partial charge in [0.1, 0.15) is 24.0 Å². The minimum atomic E-state index is -2.27. The van der Waals surface area contributed by atoms with Crippen LogP contribution in [0.15, 0.2) is 6.20 Å². The van der Waals surface area contributed by atoms with Crippen molar-refractivity contribution in [3.05, 3.63) is 11.9 Å². The largest absolute Gasteiger partial charge is 0.394 e. The third kappa shape index (κ3) is 1.73. The molecule has 1 unspecified atom stereocenters. The Morgan fingerprint density at radius 2 is 2.06 bits per heavy atom.